The predicted octanol–water partition coefficient (Wildman–Crippen LogP) is 4.72. The van der Waals surface area contributed by atoms with Crippen LogP contribution < -0.4 is 9.47 Å². The highest BCUT2D eigenvalue weighted by Crippen LogP contribution is 2.37. The Morgan fingerprint density at radius 1 is 1.12 bits per heavy atom. The second kappa shape index (κ2) is 7.66. The predicted molar refractivity (Wildman–Crippen MR) is 102 cm³/mol. The molecule has 0 saturated heterocycles. The Morgan fingerprint density at radius 3 is 2.65 bits per heavy atom. The molecule has 5 nitrogen and oxygen atoms in total. The van der Waals surface area contributed by atoms with Gasteiger partial charge in [0.1, 0.15) is 9.88 Å². The first-order valence-corrected chi connectivity index (χ1v) is 10.2. The normalized spacial score (nSPS) is 17.6. The Hall–Kier alpha value is -2.08. The number of hydrogen-bond acceptors (Lipinski definition) is 5. The lowest BCUT2D eigenvalue weighted by molar-refractivity contribution is 0.0711. The van der Waals surface area contributed by atoms with Gasteiger partial charge in [-0.25, -0.2) is 4.98 Å². The van der Waals surface area contributed by atoms with Crippen molar-refractivity contribution in [3.63, 3.8) is 0 Å². The van der Waals surface area contributed by atoms with Gasteiger partial charge in [-0.3, -0.25) is 4.79 Å². The quantitative estimate of drug-likeness (QED) is 0.782. The summed E-state index contributed by atoms with van der Waals surface area (Å²) >= 11 is 1.44. The molecule has 1 aromatic heterocycles. The highest BCUT2D eigenvalue weighted by Gasteiger charge is 2.24. The molecule has 138 valence electrons. The number of carbonyl (C=O) groups is 1. The van der Waals surface area contributed by atoms with Crippen molar-refractivity contribution in [3.05, 3.63) is 29.3 Å². The molecule has 1 aromatic carbocycles. The largest absolute Gasteiger partial charge is 0.454 e. The SMILES string of the molecule is CN(C(=O)c1cnc(-c2ccc3c(c2)OCO3)s1)C1CCCCCCC1. The molecule has 0 N–H and O–H groups in total. The van der Waals surface area contributed by atoms with Crippen LogP contribution >= 0.6 is 11.3 Å². The van der Waals surface area contributed by atoms with Gasteiger partial charge in [0.2, 0.25) is 6.79 Å². The molecule has 1 fully saturated rings. The standard InChI is InChI=1S/C20H24N2O3S/c1-22(15-7-5-3-2-4-6-8-15)20(23)18-12-21-19(26-18)14-9-10-16-17(11-14)25-13-24-16/h9-12,15H,2-8,13H2,1H3. The average molecular weight is 372 g/mol. The van der Waals surface area contributed by atoms with Gasteiger partial charge >= 0.3 is 0 Å². The number of nitrogens with zero attached hydrogens (tertiary/aromatic N) is 2. The molecule has 2 aliphatic rings. The van der Waals surface area contributed by atoms with Gasteiger partial charge in [-0.15, -0.1) is 11.3 Å². The third-order valence-electron chi connectivity index (χ3n) is 5.28. The summed E-state index contributed by atoms with van der Waals surface area (Å²) in [6, 6.07) is 6.12. The third kappa shape index (κ3) is 3.56. The number of amides is 1. The Balaban J connectivity index is 1.49. The van der Waals surface area contributed by atoms with E-state index in [1.54, 1.807) is 6.20 Å². The van der Waals surface area contributed by atoms with Crippen LogP contribution in [0.1, 0.15) is 54.6 Å². The molecule has 0 spiro atoms. The summed E-state index contributed by atoms with van der Waals surface area (Å²) < 4.78 is 10.8. The molecule has 6 heteroatoms. The van der Waals surface area contributed by atoms with Crippen LogP contribution in [0.4, 0.5) is 0 Å². The highest BCUT2D eigenvalue weighted by atomic mass is 32.1. The summed E-state index contributed by atoms with van der Waals surface area (Å²) in [6.07, 6.45) is 10.2. The van der Waals surface area contributed by atoms with Gasteiger partial charge in [-0.05, 0) is 31.0 Å². The summed E-state index contributed by atoms with van der Waals surface area (Å²) in [6.45, 7) is 0.257. The van der Waals surface area contributed by atoms with Crippen LogP contribution in [-0.4, -0.2) is 35.7 Å². The lowest BCUT2D eigenvalue weighted by atomic mass is 9.96. The van der Waals surface area contributed by atoms with E-state index in [-0.39, 0.29) is 12.7 Å². The molecule has 26 heavy (non-hydrogen) atoms. The first kappa shape index (κ1) is 17.3. The first-order chi connectivity index (χ1) is 12.7. The lowest BCUT2D eigenvalue weighted by Gasteiger charge is -2.29. The average Bonchev–Trinajstić information content (AvgIpc) is 3.29. The number of ether oxygens (including phenoxy) is 2. The Bertz CT molecular complexity index is 781. The number of benzene rings is 1. The molecule has 2 aromatic rings. The number of hydrogen-bond donors (Lipinski definition) is 0. The van der Waals surface area contributed by atoms with E-state index in [9.17, 15) is 4.79 Å². The number of carbonyl (C=O) groups excluding carboxylic acids is 1. The van der Waals surface area contributed by atoms with Crippen LogP contribution in [0.15, 0.2) is 24.4 Å². The number of rotatable bonds is 3. The molecule has 0 radical (unpaired) electrons. The van der Waals surface area contributed by atoms with Crippen LogP contribution in [0.25, 0.3) is 10.6 Å². The van der Waals surface area contributed by atoms with Crippen molar-refractivity contribution in [3.8, 4) is 22.1 Å². The van der Waals surface area contributed by atoms with E-state index in [1.807, 2.05) is 30.1 Å². The second-order valence-electron chi connectivity index (χ2n) is 7.01. The van der Waals surface area contributed by atoms with Gasteiger partial charge in [0.25, 0.3) is 5.91 Å². The maximum Gasteiger partial charge on any atom is 0.265 e. The Labute approximate surface area is 157 Å². The first-order valence-electron chi connectivity index (χ1n) is 9.35. The van der Waals surface area contributed by atoms with E-state index in [2.05, 4.69) is 4.98 Å². The molecule has 1 aliphatic heterocycles. The van der Waals surface area contributed by atoms with Crippen molar-refractivity contribution in [2.45, 2.75) is 51.0 Å². The van der Waals surface area contributed by atoms with Gasteiger partial charge in [-0.2, -0.15) is 0 Å². The third-order valence-corrected chi connectivity index (χ3v) is 6.31. The molecular formula is C20H24N2O3S. The smallest absolute Gasteiger partial charge is 0.265 e. The van der Waals surface area contributed by atoms with E-state index >= 15 is 0 Å². The fraction of sp³-hybridized carbons (Fsp3) is 0.500. The zero-order chi connectivity index (χ0) is 17.9. The number of thiazole rings is 1. The molecular weight excluding hydrogens is 348 g/mol. The summed E-state index contributed by atoms with van der Waals surface area (Å²) in [5.41, 5.74) is 0.951. The zero-order valence-electron chi connectivity index (χ0n) is 15.1. The molecule has 1 aliphatic carbocycles. The van der Waals surface area contributed by atoms with Crippen molar-refractivity contribution in [2.24, 2.45) is 0 Å². The number of fused-ring (bicyclic) bond motifs is 1. The van der Waals surface area contributed by atoms with E-state index in [0.717, 1.165) is 34.9 Å². The van der Waals surface area contributed by atoms with Crippen molar-refractivity contribution < 1.29 is 14.3 Å². The minimum atomic E-state index is 0.0834. The Kier molecular flexibility index (Phi) is 5.11. The molecule has 1 saturated carbocycles. The summed E-state index contributed by atoms with van der Waals surface area (Å²) in [7, 11) is 1.94. The molecule has 0 atom stereocenters. The summed E-state index contributed by atoms with van der Waals surface area (Å²) in [5, 5.41) is 0.831. The van der Waals surface area contributed by atoms with E-state index in [0.29, 0.717) is 10.9 Å². The minimum absolute atomic E-state index is 0.0834. The Morgan fingerprint density at radius 2 is 1.85 bits per heavy atom. The molecule has 0 bridgehead atoms. The summed E-state index contributed by atoms with van der Waals surface area (Å²) in [4.78, 5) is 20.0. The van der Waals surface area contributed by atoms with Crippen molar-refractivity contribution in [2.75, 3.05) is 13.8 Å². The monoisotopic (exact) mass is 372 g/mol. The maximum atomic E-state index is 12.9. The summed E-state index contributed by atoms with van der Waals surface area (Å²) in [5.74, 6) is 1.57. The van der Waals surface area contributed by atoms with Crippen molar-refractivity contribution >= 4 is 17.2 Å². The van der Waals surface area contributed by atoms with E-state index in [4.69, 9.17) is 9.47 Å². The molecule has 2 heterocycles. The van der Waals surface area contributed by atoms with Crippen LogP contribution in [0.2, 0.25) is 0 Å². The fourth-order valence-corrected chi connectivity index (χ4v) is 4.59. The van der Waals surface area contributed by atoms with Crippen LogP contribution in [-0.2, 0) is 0 Å². The molecule has 4 rings (SSSR count). The van der Waals surface area contributed by atoms with Gasteiger partial charge in [-0.1, -0.05) is 32.1 Å². The molecule has 0 unspecified atom stereocenters. The number of aromatic nitrogens is 1. The van der Waals surface area contributed by atoms with Crippen molar-refractivity contribution in [1.29, 1.82) is 0 Å². The zero-order valence-corrected chi connectivity index (χ0v) is 15.9. The van der Waals surface area contributed by atoms with Crippen LogP contribution in [0.5, 0.6) is 11.5 Å². The van der Waals surface area contributed by atoms with E-state index < -0.39 is 0 Å². The van der Waals surface area contributed by atoms with Gasteiger partial charge in [0.15, 0.2) is 11.5 Å². The topological polar surface area (TPSA) is 51.7 Å². The maximum absolute atomic E-state index is 12.9. The highest BCUT2D eigenvalue weighted by molar-refractivity contribution is 7.16. The minimum Gasteiger partial charge on any atom is -0.454 e. The van der Waals surface area contributed by atoms with Crippen LogP contribution in [0, 0.1) is 0 Å². The van der Waals surface area contributed by atoms with Gasteiger partial charge in [0, 0.05) is 18.7 Å². The van der Waals surface area contributed by atoms with Crippen molar-refractivity contribution in [1.82, 2.24) is 9.88 Å². The van der Waals surface area contributed by atoms with Gasteiger partial charge in [0.05, 0.1) is 6.20 Å². The lowest BCUT2D eigenvalue weighted by Crippen LogP contribution is -2.37. The fourth-order valence-electron chi connectivity index (χ4n) is 3.70. The van der Waals surface area contributed by atoms with Crippen LogP contribution in [0.3, 0.4) is 0 Å². The van der Waals surface area contributed by atoms with Gasteiger partial charge < -0.3 is 14.4 Å². The van der Waals surface area contributed by atoms with E-state index in [1.165, 1.54) is 43.4 Å². The molecule has 1 amide bonds. The second-order valence-corrected chi connectivity index (χ2v) is 8.04.